The van der Waals surface area contributed by atoms with Gasteiger partial charge in [0, 0.05) is 23.1 Å². The second-order valence-corrected chi connectivity index (χ2v) is 11.8. The molecule has 0 saturated heterocycles. The van der Waals surface area contributed by atoms with Crippen LogP contribution in [0.25, 0.3) is 0 Å². The highest BCUT2D eigenvalue weighted by Gasteiger charge is 2.17. The molecule has 0 spiro atoms. The number of carbonyl (C=O) groups is 1. The topological polar surface area (TPSA) is 62.2 Å². The number of nitrogens with one attached hydrogen (secondary N) is 1. The molecule has 4 nitrogen and oxygen atoms in total. The van der Waals surface area contributed by atoms with E-state index in [0.29, 0.717) is 10.9 Å². The second-order valence-electron chi connectivity index (χ2n) is 9.82. The number of aromatic nitrogens is 1. The molecule has 0 bridgehead atoms. The Kier molecular flexibility index (Phi) is 15.8. The molecule has 0 radical (unpaired) electrons. The summed E-state index contributed by atoms with van der Waals surface area (Å²) in [6.45, 7) is 11.7. The SMILES string of the molecule is CC(=CCSCC(Nc1nccs1)C(=O)O)CCCC(C)CCCC(C)CCCC(C)C. The Bertz CT molecular complexity index is 632. The van der Waals surface area contributed by atoms with Gasteiger partial charge in [-0.3, -0.25) is 0 Å². The van der Waals surface area contributed by atoms with E-state index in [0.717, 1.165) is 29.9 Å². The van der Waals surface area contributed by atoms with Crippen LogP contribution in [-0.2, 0) is 4.79 Å². The van der Waals surface area contributed by atoms with Crippen LogP contribution in [0.1, 0.15) is 92.4 Å². The van der Waals surface area contributed by atoms with Crippen molar-refractivity contribution in [3.8, 4) is 0 Å². The van der Waals surface area contributed by atoms with E-state index >= 15 is 0 Å². The molecule has 0 amide bonds. The number of thioether (sulfide) groups is 1. The number of thiazole rings is 1. The van der Waals surface area contributed by atoms with Gasteiger partial charge in [0.15, 0.2) is 5.13 Å². The summed E-state index contributed by atoms with van der Waals surface area (Å²) in [4.78, 5) is 15.5. The van der Waals surface area contributed by atoms with Crippen molar-refractivity contribution in [3.63, 3.8) is 0 Å². The van der Waals surface area contributed by atoms with E-state index in [9.17, 15) is 9.90 Å². The summed E-state index contributed by atoms with van der Waals surface area (Å²) >= 11 is 3.08. The number of hydrogen-bond donors (Lipinski definition) is 2. The first-order valence-corrected chi connectivity index (χ1v) is 14.4. The van der Waals surface area contributed by atoms with Gasteiger partial charge < -0.3 is 10.4 Å². The molecule has 1 aromatic rings. The first-order chi connectivity index (χ1) is 15.3. The predicted molar refractivity (Wildman–Crippen MR) is 143 cm³/mol. The average Bonchev–Trinajstić information content (AvgIpc) is 3.23. The van der Waals surface area contributed by atoms with Crippen molar-refractivity contribution >= 4 is 34.2 Å². The van der Waals surface area contributed by atoms with Crippen molar-refractivity contribution in [2.45, 2.75) is 98.4 Å². The molecule has 3 unspecified atom stereocenters. The maximum Gasteiger partial charge on any atom is 0.327 e. The Labute approximate surface area is 205 Å². The largest absolute Gasteiger partial charge is 0.480 e. The molecule has 0 aliphatic rings. The minimum Gasteiger partial charge on any atom is -0.480 e. The fraction of sp³-hybridized carbons (Fsp3) is 0.769. The van der Waals surface area contributed by atoms with E-state index in [1.807, 2.05) is 5.38 Å². The Morgan fingerprint density at radius 2 is 1.72 bits per heavy atom. The minimum atomic E-state index is -0.827. The van der Waals surface area contributed by atoms with E-state index in [1.54, 1.807) is 18.0 Å². The summed E-state index contributed by atoms with van der Waals surface area (Å²) in [6.07, 6.45) is 15.9. The Morgan fingerprint density at radius 1 is 1.09 bits per heavy atom. The molecule has 2 N–H and O–H groups in total. The summed E-state index contributed by atoms with van der Waals surface area (Å²) in [5.41, 5.74) is 1.42. The zero-order chi connectivity index (χ0) is 23.8. The standard InChI is InChI=1S/C26H46N2O2S2/c1-20(2)9-6-10-21(3)11-7-12-22(4)13-8-14-23(5)15-17-31-19-24(25(29)30)28-26-27-16-18-32-26/h15-16,18,20-22,24H,6-14,17,19H2,1-5H3,(H,27,28)(H,29,30). The lowest BCUT2D eigenvalue weighted by molar-refractivity contribution is -0.137. The van der Waals surface area contributed by atoms with E-state index in [-0.39, 0.29) is 0 Å². The Balaban J connectivity index is 2.10. The molecule has 0 aromatic carbocycles. The monoisotopic (exact) mass is 482 g/mol. The van der Waals surface area contributed by atoms with Crippen LogP contribution in [0, 0.1) is 17.8 Å². The number of carboxylic acid groups (broad SMARTS) is 1. The average molecular weight is 483 g/mol. The highest BCUT2D eigenvalue weighted by molar-refractivity contribution is 7.99. The third-order valence-electron chi connectivity index (χ3n) is 6.00. The fourth-order valence-electron chi connectivity index (χ4n) is 3.81. The molecule has 184 valence electrons. The van der Waals surface area contributed by atoms with Crippen LogP contribution in [0.4, 0.5) is 5.13 Å². The van der Waals surface area contributed by atoms with Crippen LogP contribution in [0.5, 0.6) is 0 Å². The quantitative estimate of drug-likeness (QED) is 0.154. The van der Waals surface area contributed by atoms with Crippen molar-refractivity contribution in [2.24, 2.45) is 17.8 Å². The number of anilines is 1. The summed E-state index contributed by atoms with van der Waals surface area (Å²) in [6, 6.07) is -0.598. The zero-order valence-corrected chi connectivity index (χ0v) is 22.6. The van der Waals surface area contributed by atoms with Gasteiger partial charge in [-0.1, -0.05) is 84.3 Å². The first kappa shape index (κ1) is 29.0. The van der Waals surface area contributed by atoms with Gasteiger partial charge in [0.1, 0.15) is 6.04 Å². The Morgan fingerprint density at radius 3 is 2.28 bits per heavy atom. The molecule has 0 saturated carbocycles. The van der Waals surface area contributed by atoms with Crippen LogP contribution < -0.4 is 5.32 Å². The van der Waals surface area contributed by atoms with E-state index < -0.39 is 12.0 Å². The first-order valence-electron chi connectivity index (χ1n) is 12.4. The minimum absolute atomic E-state index is 0.533. The highest BCUT2D eigenvalue weighted by atomic mass is 32.2. The summed E-state index contributed by atoms with van der Waals surface area (Å²) in [5, 5.41) is 14.9. The molecule has 0 fully saturated rings. The molecular formula is C26H46N2O2S2. The smallest absolute Gasteiger partial charge is 0.327 e. The van der Waals surface area contributed by atoms with Gasteiger partial charge in [-0.05, 0) is 37.5 Å². The van der Waals surface area contributed by atoms with Crippen LogP contribution in [0.15, 0.2) is 23.2 Å². The van der Waals surface area contributed by atoms with Crippen molar-refractivity contribution in [2.75, 3.05) is 16.8 Å². The molecule has 0 aliphatic heterocycles. The van der Waals surface area contributed by atoms with Gasteiger partial charge in [0.25, 0.3) is 0 Å². The normalized spacial score (nSPS) is 15.0. The maximum absolute atomic E-state index is 11.4. The Hall–Kier alpha value is -1.01. The van der Waals surface area contributed by atoms with Gasteiger partial charge in [0.05, 0.1) is 0 Å². The molecule has 1 rings (SSSR count). The van der Waals surface area contributed by atoms with E-state index in [1.165, 1.54) is 68.3 Å². The molecule has 1 aromatic heterocycles. The maximum atomic E-state index is 11.4. The highest BCUT2D eigenvalue weighted by Crippen LogP contribution is 2.22. The molecule has 6 heteroatoms. The molecule has 0 aliphatic carbocycles. The van der Waals surface area contributed by atoms with Gasteiger partial charge in [-0.15, -0.1) is 11.3 Å². The predicted octanol–water partition coefficient (Wildman–Crippen LogP) is 8.13. The van der Waals surface area contributed by atoms with Gasteiger partial charge in [-0.25, -0.2) is 9.78 Å². The van der Waals surface area contributed by atoms with Crippen molar-refractivity contribution in [1.29, 1.82) is 0 Å². The lowest BCUT2D eigenvalue weighted by Crippen LogP contribution is -2.31. The number of aliphatic carboxylic acids is 1. The van der Waals surface area contributed by atoms with Gasteiger partial charge in [-0.2, -0.15) is 11.8 Å². The van der Waals surface area contributed by atoms with Crippen LogP contribution in [0.2, 0.25) is 0 Å². The fourth-order valence-corrected chi connectivity index (χ4v) is 5.40. The molecule has 3 atom stereocenters. The number of rotatable bonds is 19. The summed E-state index contributed by atoms with van der Waals surface area (Å²) in [7, 11) is 0. The van der Waals surface area contributed by atoms with E-state index in [2.05, 4.69) is 51.0 Å². The summed E-state index contributed by atoms with van der Waals surface area (Å²) in [5.74, 6) is 3.10. The third-order valence-corrected chi connectivity index (χ3v) is 7.68. The summed E-state index contributed by atoms with van der Waals surface area (Å²) < 4.78 is 0. The van der Waals surface area contributed by atoms with Crippen molar-refractivity contribution in [3.05, 3.63) is 23.2 Å². The van der Waals surface area contributed by atoms with Gasteiger partial charge in [0.2, 0.25) is 0 Å². The lowest BCUT2D eigenvalue weighted by atomic mass is 9.91. The number of hydrogen-bond acceptors (Lipinski definition) is 5. The molecule has 32 heavy (non-hydrogen) atoms. The zero-order valence-electron chi connectivity index (χ0n) is 20.9. The lowest BCUT2D eigenvalue weighted by Gasteiger charge is -2.15. The van der Waals surface area contributed by atoms with Gasteiger partial charge >= 0.3 is 5.97 Å². The van der Waals surface area contributed by atoms with Crippen LogP contribution in [0.3, 0.4) is 0 Å². The molecule has 1 heterocycles. The molecular weight excluding hydrogens is 436 g/mol. The van der Waals surface area contributed by atoms with Crippen LogP contribution >= 0.6 is 23.1 Å². The van der Waals surface area contributed by atoms with Crippen LogP contribution in [-0.4, -0.2) is 33.6 Å². The number of nitrogens with zero attached hydrogens (tertiary/aromatic N) is 1. The third kappa shape index (κ3) is 14.9. The second kappa shape index (κ2) is 17.5. The number of allylic oxidation sites excluding steroid dienone is 1. The number of carboxylic acids is 1. The van der Waals surface area contributed by atoms with Crippen molar-refractivity contribution in [1.82, 2.24) is 4.98 Å². The van der Waals surface area contributed by atoms with E-state index in [4.69, 9.17) is 0 Å². The van der Waals surface area contributed by atoms with Crippen molar-refractivity contribution < 1.29 is 9.90 Å².